The first-order valence-electron chi connectivity index (χ1n) is 9.62. The Labute approximate surface area is 183 Å². The van der Waals surface area contributed by atoms with Crippen LogP contribution in [-0.4, -0.2) is 55.5 Å². The fourth-order valence-corrected chi connectivity index (χ4v) is 4.92. The highest BCUT2D eigenvalue weighted by Gasteiger charge is 2.62. The Morgan fingerprint density at radius 3 is 2.91 bits per heavy atom. The summed E-state index contributed by atoms with van der Waals surface area (Å²) in [4.78, 5) is 11.6. The number of phosphoric acid groups is 1. The number of hydrogen-bond acceptors (Lipinski definition) is 10. The molecule has 0 amide bonds. The molecule has 2 aromatic heterocycles. The van der Waals surface area contributed by atoms with Gasteiger partial charge in [-0.05, 0) is 6.07 Å². The number of alkyl halides is 3. The number of para-hydroxylation sites is 1. The maximum absolute atomic E-state index is 15.1. The van der Waals surface area contributed by atoms with Crippen molar-refractivity contribution in [1.29, 1.82) is 0 Å². The number of ether oxygens (including phenoxy) is 1. The SMILES string of the molecule is Nc1ncnc2c1ncn2[C@@H]1O[C@@](COP2(=O)OCc3ccccc3O2)(C(F)F)[C@@H](O)[C@H]1F. The van der Waals surface area contributed by atoms with Crippen molar-refractivity contribution in [2.75, 3.05) is 12.3 Å². The van der Waals surface area contributed by atoms with E-state index in [0.717, 1.165) is 17.2 Å². The third-order valence-electron chi connectivity index (χ3n) is 5.45. The summed E-state index contributed by atoms with van der Waals surface area (Å²) in [7, 11) is -4.36. The van der Waals surface area contributed by atoms with Gasteiger partial charge in [0.1, 0.15) is 23.7 Å². The van der Waals surface area contributed by atoms with Crippen molar-refractivity contribution in [3.63, 3.8) is 0 Å². The molecule has 1 aromatic carbocycles. The average Bonchev–Trinajstić information content (AvgIpc) is 3.33. The Balaban J connectivity index is 1.42. The zero-order valence-electron chi connectivity index (χ0n) is 16.6. The molecule has 2 aliphatic rings. The number of nitrogens with two attached hydrogens (primary N) is 1. The molecule has 0 saturated carbocycles. The van der Waals surface area contributed by atoms with Crippen LogP contribution in [0.3, 0.4) is 0 Å². The summed E-state index contributed by atoms with van der Waals surface area (Å²) in [6, 6.07) is 6.48. The van der Waals surface area contributed by atoms with Gasteiger partial charge < -0.3 is 20.1 Å². The predicted octanol–water partition coefficient (Wildman–Crippen LogP) is 2.37. The summed E-state index contributed by atoms with van der Waals surface area (Å²) in [6.45, 7) is -1.35. The van der Waals surface area contributed by atoms with Gasteiger partial charge >= 0.3 is 7.82 Å². The van der Waals surface area contributed by atoms with E-state index in [1.807, 2.05) is 0 Å². The molecule has 1 unspecified atom stereocenters. The number of phosphoric ester groups is 1. The third kappa shape index (κ3) is 3.54. The lowest BCUT2D eigenvalue weighted by Crippen LogP contribution is -2.52. The van der Waals surface area contributed by atoms with Gasteiger partial charge in [0.15, 0.2) is 29.5 Å². The fraction of sp³-hybridized carbons (Fsp3) is 0.389. The summed E-state index contributed by atoms with van der Waals surface area (Å²) in [5, 5.41) is 10.4. The van der Waals surface area contributed by atoms with Crippen molar-refractivity contribution in [1.82, 2.24) is 19.5 Å². The second-order valence-electron chi connectivity index (χ2n) is 7.43. The van der Waals surface area contributed by atoms with E-state index in [9.17, 15) is 18.5 Å². The molecule has 0 aliphatic carbocycles. The Bertz CT molecular complexity index is 1250. The highest BCUT2D eigenvalue weighted by molar-refractivity contribution is 7.49. The topological polar surface area (TPSA) is 144 Å². The summed E-state index contributed by atoms with van der Waals surface area (Å²) in [6.07, 6.45) is -7.73. The van der Waals surface area contributed by atoms with E-state index in [1.165, 1.54) is 6.07 Å². The molecule has 11 nitrogen and oxygen atoms in total. The van der Waals surface area contributed by atoms with E-state index in [-0.39, 0.29) is 29.3 Å². The van der Waals surface area contributed by atoms with Gasteiger partial charge in [-0.2, -0.15) is 0 Å². The molecule has 33 heavy (non-hydrogen) atoms. The van der Waals surface area contributed by atoms with Crippen LogP contribution in [0.5, 0.6) is 5.75 Å². The van der Waals surface area contributed by atoms with Crippen LogP contribution < -0.4 is 10.3 Å². The molecule has 0 spiro atoms. The standard InChI is InChI=1S/C18H17F3N5O6P/c19-11-13(27)18(17(20)21,6-30-33(28)29-5-9-3-1-2-4-10(9)32-33)31-16(11)26-8-25-12-14(22)23-7-24-15(12)26/h1-4,7-8,11,13,16-17,27H,5-6H2,(H2,22,23,24)/t11-,13+,16-,18-,33?/m1/s1. The number of imidazole rings is 1. The van der Waals surface area contributed by atoms with E-state index in [4.69, 9.17) is 24.0 Å². The van der Waals surface area contributed by atoms with Gasteiger partial charge in [0.2, 0.25) is 0 Å². The molecule has 1 saturated heterocycles. The van der Waals surface area contributed by atoms with Crippen molar-refractivity contribution in [3.05, 3.63) is 42.5 Å². The minimum Gasteiger partial charge on any atom is -0.404 e. The van der Waals surface area contributed by atoms with Crippen LogP contribution in [-0.2, 0) is 25.0 Å². The normalized spacial score (nSPS) is 31.6. The van der Waals surface area contributed by atoms with E-state index >= 15 is 4.39 Å². The lowest BCUT2D eigenvalue weighted by Gasteiger charge is -2.32. The first-order valence-corrected chi connectivity index (χ1v) is 11.1. The minimum absolute atomic E-state index is 0.0108. The van der Waals surface area contributed by atoms with Crippen LogP contribution in [0.2, 0.25) is 0 Å². The smallest absolute Gasteiger partial charge is 0.404 e. The highest BCUT2D eigenvalue weighted by Crippen LogP contribution is 2.56. The van der Waals surface area contributed by atoms with Gasteiger partial charge in [0.25, 0.3) is 6.43 Å². The van der Waals surface area contributed by atoms with Gasteiger partial charge in [-0.1, -0.05) is 18.2 Å². The molecule has 4 heterocycles. The number of anilines is 1. The number of fused-ring (bicyclic) bond motifs is 2. The maximum atomic E-state index is 15.1. The van der Waals surface area contributed by atoms with Gasteiger partial charge in [-0.3, -0.25) is 13.6 Å². The highest BCUT2D eigenvalue weighted by atomic mass is 31.2. The number of aliphatic hydroxyl groups is 1. The molecule has 3 N–H and O–H groups in total. The third-order valence-corrected chi connectivity index (χ3v) is 6.77. The summed E-state index contributed by atoms with van der Waals surface area (Å²) >= 11 is 0. The van der Waals surface area contributed by atoms with Crippen LogP contribution in [0.4, 0.5) is 19.0 Å². The lowest BCUT2D eigenvalue weighted by atomic mass is 9.97. The molecule has 0 bridgehead atoms. The van der Waals surface area contributed by atoms with E-state index in [2.05, 4.69) is 15.0 Å². The Morgan fingerprint density at radius 1 is 1.33 bits per heavy atom. The maximum Gasteiger partial charge on any atom is 0.530 e. The Morgan fingerprint density at radius 2 is 2.12 bits per heavy atom. The zero-order valence-corrected chi connectivity index (χ0v) is 17.5. The molecular formula is C18H17F3N5O6P. The van der Waals surface area contributed by atoms with Crippen LogP contribution >= 0.6 is 7.82 Å². The number of benzene rings is 1. The molecule has 5 atom stereocenters. The molecule has 3 aromatic rings. The van der Waals surface area contributed by atoms with Gasteiger partial charge in [-0.15, -0.1) is 0 Å². The number of rotatable bonds is 5. The van der Waals surface area contributed by atoms with Crippen molar-refractivity contribution < 1.29 is 41.2 Å². The molecule has 15 heteroatoms. The van der Waals surface area contributed by atoms with Crippen molar-refractivity contribution in [2.24, 2.45) is 0 Å². The monoisotopic (exact) mass is 487 g/mol. The van der Waals surface area contributed by atoms with Crippen LogP contribution in [0.15, 0.2) is 36.9 Å². The molecule has 0 radical (unpaired) electrons. The molecule has 5 rings (SSSR count). The Kier molecular flexibility index (Phi) is 5.29. The average molecular weight is 487 g/mol. The first kappa shape index (κ1) is 22.0. The van der Waals surface area contributed by atoms with Crippen molar-refractivity contribution in [2.45, 2.75) is 37.1 Å². The number of halogens is 3. The summed E-state index contributed by atoms with van der Waals surface area (Å²) in [5.74, 6) is 0.176. The van der Waals surface area contributed by atoms with Gasteiger partial charge in [-0.25, -0.2) is 32.7 Å². The second-order valence-corrected chi connectivity index (χ2v) is 9.02. The molecule has 1 fully saturated rings. The van der Waals surface area contributed by atoms with Gasteiger partial charge in [0.05, 0.1) is 19.5 Å². The first-order chi connectivity index (χ1) is 15.7. The Hall–Kier alpha value is -2.77. The molecule has 176 valence electrons. The fourth-order valence-electron chi connectivity index (χ4n) is 3.67. The lowest BCUT2D eigenvalue weighted by molar-refractivity contribution is -0.193. The molecule has 2 aliphatic heterocycles. The van der Waals surface area contributed by atoms with Gasteiger partial charge in [0, 0.05) is 5.56 Å². The van der Waals surface area contributed by atoms with E-state index in [1.54, 1.807) is 18.2 Å². The van der Waals surface area contributed by atoms with Crippen molar-refractivity contribution >= 4 is 24.8 Å². The molecular weight excluding hydrogens is 470 g/mol. The van der Waals surface area contributed by atoms with Crippen molar-refractivity contribution in [3.8, 4) is 5.75 Å². The number of aliphatic hydroxyl groups excluding tert-OH is 1. The van der Waals surface area contributed by atoms with Crippen LogP contribution in [0, 0.1) is 0 Å². The minimum atomic E-state index is -4.36. The van der Waals surface area contributed by atoms with Crippen LogP contribution in [0.1, 0.15) is 11.8 Å². The summed E-state index contributed by atoms with van der Waals surface area (Å²) < 4.78 is 78.0. The van der Waals surface area contributed by atoms with E-state index in [0.29, 0.717) is 5.56 Å². The number of hydrogen-bond donors (Lipinski definition) is 2. The summed E-state index contributed by atoms with van der Waals surface area (Å²) in [5.41, 5.74) is 3.50. The zero-order chi connectivity index (χ0) is 23.4. The number of aromatic nitrogens is 4. The second kappa shape index (κ2) is 7.92. The quantitative estimate of drug-likeness (QED) is 0.515. The van der Waals surface area contributed by atoms with E-state index < -0.39 is 45.0 Å². The number of nitrogen functional groups attached to an aromatic ring is 1. The van der Waals surface area contributed by atoms with Crippen LogP contribution in [0.25, 0.3) is 11.2 Å². The predicted molar refractivity (Wildman–Crippen MR) is 105 cm³/mol. The number of nitrogens with zero attached hydrogens (tertiary/aromatic N) is 4. The largest absolute Gasteiger partial charge is 0.530 e.